The van der Waals surface area contributed by atoms with E-state index in [1.54, 1.807) is 6.26 Å². The number of nitrogens with one attached hydrogen (secondary N) is 1. The van der Waals surface area contributed by atoms with Crippen LogP contribution in [-0.2, 0) is 10.8 Å². The smallest absolute Gasteiger partial charge is 0.214 e. The fourth-order valence-electron chi connectivity index (χ4n) is 0.333. The zero-order valence-corrected chi connectivity index (χ0v) is 7.10. The molecule has 0 amide bonds. The Balaban J connectivity index is 0.000000371. The molecule has 0 spiro atoms. The summed E-state index contributed by atoms with van der Waals surface area (Å²) < 4.78 is 10.5. The first-order valence-electron chi connectivity index (χ1n) is 2.99. The van der Waals surface area contributed by atoms with Crippen molar-refractivity contribution >= 4 is 10.8 Å². The third-order valence-corrected chi connectivity index (χ3v) is 1.41. The van der Waals surface area contributed by atoms with E-state index in [-0.39, 0.29) is 0 Å². The van der Waals surface area contributed by atoms with Crippen molar-refractivity contribution in [2.75, 3.05) is 6.26 Å². The van der Waals surface area contributed by atoms with Crippen LogP contribution >= 0.6 is 0 Å². The topological polar surface area (TPSA) is 58.6 Å². The molecule has 0 fully saturated rings. The van der Waals surface area contributed by atoms with Gasteiger partial charge in [0.05, 0.1) is 10.8 Å². The molecule has 1 N–H and O–H groups in total. The van der Waals surface area contributed by atoms with Gasteiger partial charge in [-0.3, -0.25) is 9.31 Å². The van der Waals surface area contributed by atoms with E-state index in [1.165, 1.54) is 6.33 Å². The highest BCUT2D eigenvalue weighted by atomic mass is 32.2. The Labute approximate surface area is 62.5 Å². The molecule has 0 aromatic carbocycles. The molecule has 58 valence electrons. The van der Waals surface area contributed by atoms with E-state index in [2.05, 4.69) is 15.2 Å². The molecule has 0 bridgehead atoms. The predicted octanol–water partition coefficient (Wildman–Crippen LogP) is 0.568. The Kier molecular flexibility index (Phi) is 4.74. The van der Waals surface area contributed by atoms with Gasteiger partial charge in [-0.25, -0.2) is 4.98 Å². The number of rotatable bonds is 1. The van der Waals surface area contributed by atoms with Crippen molar-refractivity contribution in [3.63, 3.8) is 0 Å². The van der Waals surface area contributed by atoms with E-state index in [4.69, 9.17) is 0 Å². The third kappa shape index (κ3) is 2.72. The van der Waals surface area contributed by atoms with Crippen LogP contribution in [0, 0.1) is 0 Å². The fraction of sp³-hybridized carbons (Fsp3) is 0.600. The van der Waals surface area contributed by atoms with Crippen LogP contribution in [0.25, 0.3) is 0 Å². The lowest BCUT2D eigenvalue weighted by Gasteiger charge is -1.80. The Bertz CT molecular complexity index is 185. The van der Waals surface area contributed by atoms with Gasteiger partial charge in [0.15, 0.2) is 0 Å². The van der Waals surface area contributed by atoms with Gasteiger partial charge in [0.25, 0.3) is 0 Å². The first-order valence-corrected chi connectivity index (χ1v) is 4.55. The van der Waals surface area contributed by atoms with Crippen LogP contribution in [0.4, 0.5) is 0 Å². The van der Waals surface area contributed by atoms with E-state index in [1.807, 2.05) is 13.8 Å². The van der Waals surface area contributed by atoms with Crippen molar-refractivity contribution in [1.82, 2.24) is 15.2 Å². The molecule has 1 atom stereocenters. The highest BCUT2D eigenvalue weighted by molar-refractivity contribution is 7.84. The molecule has 1 aromatic heterocycles. The zero-order chi connectivity index (χ0) is 7.98. The molecule has 0 aliphatic heterocycles. The maximum absolute atomic E-state index is 10.5. The van der Waals surface area contributed by atoms with E-state index in [9.17, 15) is 4.21 Å². The summed E-state index contributed by atoms with van der Waals surface area (Å²) in [6.45, 7) is 4.00. The molecular formula is C5H11N3OS. The van der Waals surface area contributed by atoms with E-state index >= 15 is 0 Å². The van der Waals surface area contributed by atoms with Crippen molar-refractivity contribution in [2.24, 2.45) is 0 Å². The van der Waals surface area contributed by atoms with Gasteiger partial charge in [-0.1, -0.05) is 13.8 Å². The molecule has 10 heavy (non-hydrogen) atoms. The van der Waals surface area contributed by atoms with Gasteiger partial charge in [0, 0.05) is 6.26 Å². The van der Waals surface area contributed by atoms with Crippen LogP contribution in [0.1, 0.15) is 13.8 Å². The molecule has 0 radical (unpaired) electrons. The maximum atomic E-state index is 10.5. The van der Waals surface area contributed by atoms with Crippen LogP contribution in [0.3, 0.4) is 0 Å². The number of aromatic amines is 1. The van der Waals surface area contributed by atoms with Gasteiger partial charge in [-0.2, -0.15) is 5.10 Å². The molecule has 0 saturated carbocycles. The van der Waals surface area contributed by atoms with Gasteiger partial charge < -0.3 is 0 Å². The van der Waals surface area contributed by atoms with Crippen molar-refractivity contribution in [3.8, 4) is 0 Å². The minimum Gasteiger partial charge on any atom is -0.252 e. The molecule has 1 aromatic rings. The molecule has 1 rings (SSSR count). The second-order valence-electron chi connectivity index (χ2n) is 1.24. The number of nitrogens with zero attached hydrogens (tertiary/aromatic N) is 2. The summed E-state index contributed by atoms with van der Waals surface area (Å²) in [5.41, 5.74) is 0. The number of hydrogen-bond donors (Lipinski definition) is 1. The van der Waals surface area contributed by atoms with Gasteiger partial charge in [0.1, 0.15) is 6.33 Å². The second-order valence-corrected chi connectivity index (χ2v) is 2.54. The van der Waals surface area contributed by atoms with E-state index < -0.39 is 10.8 Å². The van der Waals surface area contributed by atoms with Crippen molar-refractivity contribution in [2.45, 2.75) is 19.0 Å². The molecule has 0 aliphatic carbocycles. The third-order valence-electron chi connectivity index (χ3n) is 0.665. The molecule has 0 saturated heterocycles. The molecule has 5 heteroatoms. The van der Waals surface area contributed by atoms with Crippen LogP contribution < -0.4 is 0 Å². The van der Waals surface area contributed by atoms with Crippen molar-refractivity contribution < 1.29 is 4.21 Å². The average Bonchev–Trinajstić information content (AvgIpc) is 2.42. The predicted molar refractivity (Wildman–Crippen MR) is 40.1 cm³/mol. The van der Waals surface area contributed by atoms with Gasteiger partial charge in [-0.05, 0) is 0 Å². The minimum absolute atomic E-state index is 0.421. The lowest BCUT2D eigenvalue weighted by atomic mass is 11.0. The van der Waals surface area contributed by atoms with Gasteiger partial charge >= 0.3 is 0 Å². The fourth-order valence-corrected chi connectivity index (χ4v) is 0.710. The number of H-pyrrole nitrogens is 1. The summed E-state index contributed by atoms with van der Waals surface area (Å²) in [6.07, 6.45) is 2.87. The Morgan fingerprint density at radius 1 is 1.60 bits per heavy atom. The van der Waals surface area contributed by atoms with E-state index in [0.717, 1.165) is 0 Å². The van der Waals surface area contributed by atoms with Crippen molar-refractivity contribution in [1.29, 1.82) is 0 Å². The molecule has 0 aliphatic rings. The zero-order valence-electron chi connectivity index (χ0n) is 6.29. The summed E-state index contributed by atoms with van der Waals surface area (Å²) in [6, 6.07) is 0. The first-order chi connectivity index (χ1) is 4.80. The van der Waals surface area contributed by atoms with Crippen LogP contribution in [0.2, 0.25) is 0 Å². The largest absolute Gasteiger partial charge is 0.252 e. The number of hydrogen-bond acceptors (Lipinski definition) is 3. The minimum atomic E-state index is -1.03. The second kappa shape index (κ2) is 5.10. The van der Waals surface area contributed by atoms with Gasteiger partial charge in [0.2, 0.25) is 5.16 Å². The lowest BCUT2D eigenvalue weighted by molar-refractivity contribution is 0.680. The molecular weight excluding hydrogens is 150 g/mol. The van der Waals surface area contributed by atoms with Crippen LogP contribution in [0.15, 0.2) is 11.5 Å². The first kappa shape index (κ1) is 9.29. The summed E-state index contributed by atoms with van der Waals surface area (Å²) in [4.78, 5) is 3.65. The Morgan fingerprint density at radius 3 is 2.40 bits per heavy atom. The standard InChI is InChI=1S/C3H5N3OS.C2H6/c1-8(7)3-4-2-5-6-3;1-2/h2H,1H3,(H,4,5,6);1-2H3. The highest BCUT2D eigenvalue weighted by Crippen LogP contribution is 1.88. The average molecular weight is 161 g/mol. The lowest BCUT2D eigenvalue weighted by Crippen LogP contribution is -1.88. The monoisotopic (exact) mass is 161 g/mol. The summed E-state index contributed by atoms with van der Waals surface area (Å²) >= 11 is 0. The molecule has 4 nitrogen and oxygen atoms in total. The molecule has 1 heterocycles. The van der Waals surface area contributed by atoms with Crippen molar-refractivity contribution in [3.05, 3.63) is 6.33 Å². The number of aromatic nitrogens is 3. The van der Waals surface area contributed by atoms with Crippen LogP contribution in [-0.4, -0.2) is 25.6 Å². The summed E-state index contributed by atoms with van der Waals surface area (Å²) in [5, 5.41) is 6.41. The normalized spacial score (nSPS) is 11.5. The maximum Gasteiger partial charge on any atom is 0.214 e. The summed E-state index contributed by atoms with van der Waals surface area (Å²) in [7, 11) is -1.03. The molecule has 1 unspecified atom stereocenters. The Hall–Kier alpha value is -0.710. The Morgan fingerprint density at radius 2 is 2.20 bits per heavy atom. The highest BCUT2D eigenvalue weighted by Gasteiger charge is 1.95. The van der Waals surface area contributed by atoms with E-state index in [0.29, 0.717) is 5.16 Å². The quantitative estimate of drug-likeness (QED) is 0.655. The summed E-state index contributed by atoms with van der Waals surface area (Å²) in [5.74, 6) is 0. The van der Waals surface area contributed by atoms with Gasteiger partial charge in [-0.15, -0.1) is 0 Å². The SMILES string of the molecule is CC.CS(=O)c1ncn[nH]1. The van der Waals surface area contributed by atoms with Crippen LogP contribution in [0.5, 0.6) is 0 Å².